The molecule has 0 aliphatic carbocycles. The van der Waals surface area contributed by atoms with Crippen LogP contribution in [0.1, 0.15) is 33.6 Å². The summed E-state index contributed by atoms with van der Waals surface area (Å²) < 4.78 is 0. The third-order valence-electron chi connectivity index (χ3n) is 1.47. The molecule has 2 unspecified atom stereocenters. The monoisotopic (exact) mass is 151 g/mol. The van der Waals surface area contributed by atoms with Crippen LogP contribution in [0.25, 0.3) is 0 Å². The van der Waals surface area contributed by atoms with Crippen molar-refractivity contribution in [2.75, 3.05) is 0 Å². The third-order valence-corrected chi connectivity index (χ3v) is 1.47. The zero-order valence-electron chi connectivity index (χ0n) is 6.55. The average molecular weight is 152 g/mol. The van der Waals surface area contributed by atoms with Crippen LogP contribution in [0.4, 0.5) is 0 Å². The van der Waals surface area contributed by atoms with Crippen molar-refractivity contribution in [1.82, 2.24) is 0 Å². The molecule has 0 bridgehead atoms. The van der Waals surface area contributed by atoms with Gasteiger partial charge in [0.1, 0.15) is 0 Å². The molecule has 2 heteroatoms. The highest BCUT2D eigenvalue weighted by Gasteiger charge is 2.00. The molecule has 0 spiro atoms. The van der Waals surface area contributed by atoms with Gasteiger partial charge >= 0.3 is 0 Å². The van der Waals surface area contributed by atoms with E-state index in [1.807, 2.05) is 0 Å². The van der Waals surface area contributed by atoms with E-state index in [4.69, 9.17) is 5.73 Å². The molecule has 58 valence electrons. The third kappa shape index (κ3) is 8.25. The highest BCUT2D eigenvalue weighted by atomic mass is 35.5. The van der Waals surface area contributed by atoms with Crippen molar-refractivity contribution in [3.63, 3.8) is 0 Å². The second-order valence-electron chi connectivity index (χ2n) is 2.73. The van der Waals surface area contributed by atoms with Gasteiger partial charge in [0.05, 0.1) is 0 Å². The first-order valence-corrected chi connectivity index (χ1v) is 3.42. The zero-order valence-corrected chi connectivity index (χ0v) is 7.37. The van der Waals surface area contributed by atoms with Gasteiger partial charge in [0.2, 0.25) is 0 Å². The van der Waals surface area contributed by atoms with E-state index in [0.29, 0.717) is 6.04 Å². The molecule has 0 aromatic rings. The van der Waals surface area contributed by atoms with E-state index in [2.05, 4.69) is 20.8 Å². The molecule has 0 aromatic heterocycles. The van der Waals surface area contributed by atoms with Crippen LogP contribution in [0, 0.1) is 5.92 Å². The van der Waals surface area contributed by atoms with Crippen molar-refractivity contribution in [3.05, 3.63) is 0 Å². The topological polar surface area (TPSA) is 26.0 Å². The fraction of sp³-hybridized carbons (Fsp3) is 1.00. The lowest BCUT2D eigenvalue weighted by Crippen LogP contribution is -2.17. The van der Waals surface area contributed by atoms with Gasteiger partial charge in [-0.3, -0.25) is 0 Å². The number of hydrogen-bond donors (Lipinski definition) is 1. The summed E-state index contributed by atoms with van der Waals surface area (Å²) in [6, 6.07) is 0.380. The number of nitrogens with two attached hydrogens (primary N) is 1. The second kappa shape index (κ2) is 6.37. The summed E-state index contributed by atoms with van der Waals surface area (Å²) in [7, 11) is 0. The van der Waals surface area contributed by atoms with Crippen molar-refractivity contribution < 1.29 is 0 Å². The number of halogens is 1. The van der Waals surface area contributed by atoms with E-state index in [9.17, 15) is 0 Å². The maximum absolute atomic E-state index is 5.57. The first kappa shape index (κ1) is 12.0. The molecule has 0 saturated carbocycles. The van der Waals surface area contributed by atoms with E-state index in [-0.39, 0.29) is 12.4 Å². The molecule has 0 aliphatic heterocycles. The SMILES string of the molecule is CCC(C)CC(C)N.Cl. The van der Waals surface area contributed by atoms with E-state index < -0.39 is 0 Å². The lowest BCUT2D eigenvalue weighted by atomic mass is 10.0. The molecule has 9 heavy (non-hydrogen) atoms. The quantitative estimate of drug-likeness (QED) is 0.658. The smallest absolute Gasteiger partial charge is 0.00130 e. The standard InChI is InChI=1S/C7H17N.ClH/c1-4-6(2)5-7(3)8;/h6-7H,4-5,8H2,1-3H3;1H. The van der Waals surface area contributed by atoms with Gasteiger partial charge in [0.15, 0.2) is 0 Å². The highest BCUT2D eigenvalue weighted by Crippen LogP contribution is 2.07. The molecule has 0 fully saturated rings. The van der Waals surface area contributed by atoms with E-state index in [0.717, 1.165) is 12.3 Å². The van der Waals surface area contributed by atoms with Crippen molar-refractivity contribution in [1.29, 1.82) is 0 Å². The Morgan fingerprint density at radius 2 is 1.78 bits per heavy atom. The molecule has 0 radical (unpaired) electrons. The van der Waals surface area contributed by atoms with E-state index >= 15 is 0 Å². The number of rotatable bonds is 3. The summed E-state index contributed by atoms with van der Waals surface area (Å²) in [4.78, 5) is 0. The molecule has 1 nitrogen and oxygen atoms in total. The molecule has 0 rings (SSSR count). The minimum absolute atomic E-state index is 0. The van der Waals surface area contributed by atoms with Gasteiger partial charge < -0.3 is 5.73 Å². The molecule has 2 atom stereocenters. The van der Waals surface area contributed by atoms with E-state index in [1.165, 1.54) is 6.42 Å². The van der Waals surface area contributed by atoms with Crippen molar-refractivity contribution >= 4 is 12.4 Å². The van der Waals surface area contributed by atoms with Gasteiger partial charge in [-0.25, -0.2) is 0 Å². The van der Waals surface area contributed by atoms with Gasteiger partial charge in [-0.1, -0.05) is 20.3 Å². The van der Waals surface area contributed by atoms with Crippen LogP contribution in [0.15, 0.2) is 0 Å². The Morgan fingerprint density at radius 1 is 1.33 bits per heavy atom. The van der Waals surface area contributed by atoms with Crippen LogP contribution in [-0.4, -0.2) is 6.04 Å². The predicted molar refractivity (Wildman–Crippen MR) is 45.0 cm³/mol. The van der Waals surface area contributed by atoms with Crippen molar-refractivity contribution in [2.24, 2.45) is 11.7 Å². The fourth-order valence-corrected chi connectivity index (χ4v) is 0.801. The molecule has 0 saturated heterocycles. The van der Waals surface area contributed by atoms with Gasteiger partial charge in [-0.2, -0.15) is 0 Å². The van der Waals surface area contributed by atoms with Crippen LogP contribution in [0.3, 0.4) is 0 Å². The fourth-order valence-electron chi connectivity index (χ4n) is 0.801. The second-order valence-corrected chi connectivity index (χ2v) is 2.73. The predicted octanol–water partition coefficient (Wildman–Crippen LogP) is 2.19. The molecule has 0 aromatic carbocycles. The lowest BCUT2D eigenvalue weighted by Gasteiger charge is -2.09. The molecular weight excluding hydrogens is 134 g/mol. The summed E-state index contributed by atoms with van der Waals surface area (Å²) in [5.41, 5.74) is 5.57. The Hall–Kier alpha value is 0.250. The minimum Gasteiger partial charge on any atom is -0.328 e. The summed E-state index contributed by atoms with van der Waals surface area (Å²) >= 11 is 0. The van der Waals surface area contributed by atoms with Crippen LogP contribution in [-0.2, 0) is 0 Å². The Morgan fingerprint density at radius 3 is 1.89 bits per heavy atom. The maximum atomic E-state index is 5.57. The Kier molecular flexibility index (Phi) is 8.48. The minimum atomic E-state index is 0. The van der Waals surface area contributed by atoms with Crippen LogP contribution in [0.2, 0.25) is 0 Å². The summed E-state index contributed by atoms with van der Waals surface area (Å²) in [6.07, 6.45) is 2.41. The lowest BCUT2D eigenvalue weighted by molar-refractivity contribution is 0.469. The largest absolute Gasteiger partial charge is 0.328 e. The molecule has 0 heterocycles. The van der Waals surface area contributed by atoms with Gasteiger partial charge in [-0.05, 0) is 19.3 Å². The molecule has 0 amide bonds. The first-order chi connectivity index (χ1) is 3.66. The summed E-state index contributed by atoms with van der Waals surface area (Å²) in [5.74, 6) is 0.801. The Bertz CT molecular complexity index is 54.9. The van der Waals surface area contributed by atoms with Crippen molar-refractivity contribution in [3.8, 4) is 0 Å². The summed E-state index contributed by atoms with van der Waals surface area (Å²) in [6.45, 7) is 6.50. The molecule has 2 N–H and O–H groups in total. The summed E-state index contributed by atoms with van der Waals surface area (Å²) in [5, 5.41) is 0. The van der Waals surface area contributed by atoms with Gasteiger partial charge in [0.25, 0.3) is 0 Å². The van der Waals surface area contributed by atoms with Crippen molar-refractivity contribution in [2.45, 2.75) is 39.7 Å². The first-order valence-electron chi connectivity index (χ1n) is 3.42. The average Bonchev–Trinajstić information content (AvgIpc) is 1.65. The number of hydrogen-bond acceptors (Lipinski definition) is 1. The Labute approximate surface area is 64.4 Å². The normalized spacial score (nSPS) is 16.0. The maximum Gasteiger partial charge on any atom is 0.00130 e. The molecular formula is C7H18ClN. The van der Waals surface area contributed by atoms with E-state index in [1.54, 1.807) is 0 Å². The van der Waals surface area contributed by atoms with Gasteiger partial charge in [-0.15, -0.1) is 12.4 Å². The van der Waals surface area contributed by atoms with Crippen LogP contribution < -0.4 is 5.73 Å². The van der Waals surface area contributed by atoms with Crippen LogP contribution >= 0.6 is 12.4 Å². The Balaban J connectivity index is 0. The van der Waals surface area contributed by atoms with Crippen LogP contribution in [0.5, 0.6) is 0 Å². The molecule has 0 aliphatic rings. The zero-order chi connectivity index (χ0) is 6.57. The highest BCUT2D eigenvalue weighted by molar-refractivity contribution is 5.85. The van der Waals surface area contributed by atoms with Gasteiger partial charge in [0, 0.05) is 6.04 Å².